The first-order valence-corrected chi connectivity index (χ1v) is 4.52. The van der Waals surface area contributed by atoms with Gasteiger partial charge in [-0.3, -0.25) is 0 Å². The number of benzene rings is 1. The Balaban J connectivity index is 3.28. The van der Waals surface area contributed by atoms with Crippen molar-refractivity contribution in [3.05, 3.63) is 23.8 Å². The van der Waals surface area contributed by atoms with Gasteiger partial charge >= 0.3 is 7.12 Å². The quantitative estimate of drug-likeness (QED) is 0.566. The van der Waals surface area contributed by atoms with Crippen LogP contribution < -0.4 is 5.46 Å². The van der Waals surface area contributed by atoms with E-state index < -0.39 is 7.12 Å². The van der Waals surface area contributed by atoms with Crippen molar-refractivity contribution in [2.75, 3.05) is 0 Å². The zero-order valence-corrected chi connectivity index (χ0v) is 8.65. The van der Waals surface area contributed by atoms with Crippen LogP contribution in [-0.2, 0) is 5.41 Å². The van der Waals surface area contributed by atoms with Gasteiger partial charge in [-0.05, 0) is 11.0 Å². The van der Waals surface area contributed by atoms with Crippen LogP contribution in [0.15, 0.2) is 18.2 Å². The molecule has 4 heteroatoms. The van der Waals surface area contributed by atoms with Crippen LogP contribution >= 0.6 is 0 Å². The van der Waals surface area contributed by atoms with Gasteiger partial charge in [0.05, 0.1) is 0 Å². The van der Waals surface area contributed by atoms with Crippen LogP contribution in [0.25, 0.3) is 0 Å². The fourth-order valence-electron chi connectivity index (χ4n) is 1.37. The minimum Gasteiger partial charge on any atom is -0.508 e. The maximum absolute atomic E-state index is 9.77. The molecule has 14 heavy (non-hydrogen) atoms. The molecule has 0 saturated heterocycles. The summed E-state index contributed by atoms with van der Waals surface area (Å²) >= 11 is 0. The lowest BCUT2D eigenvalue weighted by atomic mass is 9.75. The third-order valence-corrected chi connectivity index (χ3v) is 2.15. The Bertz CT molecular complexity index is 329. The Morgan fingerprint density at radius 2 is 1.71 bits per heavy atom. The second-order valence-electron chi connectivity index (χ2n) is 4.37. The van der Waals surface area contributed by atoms with E-state index in [2.05, 4.69) is 0 Å². The molecule has 0 amide bonds. The number of aromatic hydroxyl groups is 1. The van der Waals surface area contributed by atoms with Gasteiger partial charge < -0.3 is 15.2 Å². The first kappa shape index (κ1) is 11.1. The Morgan fingerprint density at radius 1 is 1.14 bits per heavy atom. The van der Waals surface area contributed by atoms with Gasteiger partial charge in [0, 0.05) is 5.46 Å². The average Bonchev–Trinajstić information content (AvgIpc) is 2.01. The lowest BCUT2D eigenvalue weighted by molar-refractivity contribution is 0.415. The van der Waals surface area contributed by atoms with Crippen molar-refractivity contribution in [1.29, 1.82) is 0 Å². The predicted octanol–water partition coefficient (Wildman–Crippen LogP) is 0.369. The molecule has 0 aromatic heterocycles. The van der Waals surface area contributed by atoms with Gasteiger partial charge in [0.15, 0.2) is 0 Å². The molecule has 1 aromatic carbocycles. The molecule has 3 N–H and O–H groups in total. The Morgan fingerprint density at radius 3 is 2.14 bits per heavy atom. The van der Waals surface area contributed by atoms with Crippen molar-refractivity contribution in [3.8, 4) is 5.75 Å². The summed E-state index contributed by atoms with van der Waals surface area (Å²) in [6.45, 7) is 5.86. The minimum absolute atomic E-state index is 0.0324. The Hall–Kier alpha value is -0.995. The molecule has 3 nitrogen and oxygen atoms in total. The molecule has 0 unspecified atom stereocenters. The Labute approximate surface area is 84.2 Å². The predicted molar refractivity (Wildman–Crippen MR) is 56.6 cm³/mol. The van der Waals surface area contributed by atoms with Gasteiger partial charge in [-0.15, -0.1) is 0 Å². The first-order valence-electron chi connectivity index (χ1n) is 4.52. The number of para-hydroxylation sites is 1. The molecule has 0 saturated carbocycles. The van der Waals surface area contributed by atoms with Crippen LogP contribution in [0.3, 0.4) is 0 Å². The molecule has 0 aliphatic heterocycles. The topological polar surface area (TPSA) is 60.7 Å². The molecular weight excluding hydrogens is 179 g/mol. The van der Waals surface area contributed by atoms with Crippen molar-refractivity contribution in [2.45, 2.75) is 26.2 Å². The summed E-state index contributed by atoms with van der Waals surface area (Å²) in [4.78, 5) is 0. The molecule has 0 heterocycles. The number of phenols is 1. The van der Waals surface area contributed by atoms with Gasteiger partial charge in [0.2, 0.25) is 0 Å². The summed E-state index contributed by atoms with van der Waals surface area (Å²) in [5, 5.41) is 27.8. The van der Waals surface area contributed by atoms with E-state index in [0.717, 1.165) is 0 Å². The van der Waals surface area contributed by atoms with Crippen LogP contribution in [0.2, 0.25) is 0 Å². The number of phenolic OH excluding ortho intramolecular Hbond substituents is 1. The molecule has 0 radical (unpaired) electrons. The largest absolute Gasteiger partial charge is 0.508 e. The van der Waals surface area contributed by atoms with Crippen LogP contribution in [0.4, 0.5) is 0 Å². The zero-order chi connectivity index (χ0) is 10.9. The van der Waals surface area contributed by atoms with Crippen molar-refractivity contribution >= 4 is 12.6 Å². The molecule has 1 aromatic rings. The molecule has 0 bridgehead atoms. The highest BCUT2D eigenvalue weighted by Gasteiger charge is 2.23. The number of hydrogen-bond donors (Lipinski definition) is 3. The van der Waals surface area contributed by atoms with E-state index in [9.17, 15) is 5.11 Å². The number of rotatable bonds is 1. The molecule has 0 aliphatic carbocycles. The van der Waals surface area contributed by atoms with Crippen molar-refractivity contribution in [1.82, 2.24) is 0 Å². The second kappa shape index (κ2) is 3.63. The molecule has 0 spiro atoms. The number of hydrogen-bond acceptors (Lipinski definition) is 3. The normalized spacial score (nSPS) is 11.5. The van der Waals surface area contributed by atoms with Crippen LogP contribution in [0.1, 0.15) is 26.3 Å². The lowest BCUT2D eigenvalue weighted by Crippen LogP contribution is -2.31. The molecule has 1 rings (SSSR count). The molecule has 0 fully saturated rings. The fraction of sp³-hybridized carbons (Fsp3) is 0.400. The Kier molecular flexibility index (Phi) is 2.88. The summed E-state index contributed by atoms with van der Waals surface area (Å²) in [5.41, 5.74) is 0.648. The zero-order valence-electron chi connectivity index (χ0n) is 8.65. The van der Waals surface area contributed by atoms with Crippen LogP contribution in [0, 0.1) is 0 Å². The molecule has 0 atom stereocenters. The molecule has 76 valence electrons. The van der Waals surface area contributed by atoms with E-state index >= 15 is 0 Å². The van der Waals surface area contributed by atoms with Crippen LogP contribution in [0.5, 0.6) is 5.75 Å². The van der Waals surface area contributed by atoms with Gasteiger partial charge in [-0.2, -0.15) is 0 Å². The molecular formula is C10H15BO3. The van der Waals surface area contributed by atoms with Gasteiger partial charge in [-0.1, -0.05) is 39.0 Å². The van der Waals surface area contributed by atoms with E-state index in [1.165, 1.54) is 6.07 Å². The lowest BCUT2D eigenvalue weighted by Gasteiger charge is -2.21. The van der Waals surface area contributed by atoms with Crippen molar-refractivity contribution < 1.29 is 15.2 Å². The monoisotopic (exact) mass is 194 g/mol. The van der Waals surface area contributed by atoms with E-state index in [0.29, 0.717) is 5.56 Å². The average molecular weight is 194 g/mol. The third-order valence-electron chi connectivity index (χ3n) is 2.15. The van der Waals surface area contributed by atoms with E-state index in [1.54, 1.807) is 12.1 Å². The highest BCUT2D eigenvalue weighted by Crippen LogP contribution is 2.28. The summed E-state index contributed by atoms with van der Waals surface area (Å²) in [5.74, 6) is -0.0324. The summed E-state index contributed by atoms with van der Waals surface area (Å²) in [6, 6.07) is 4.98. The second-order valence-corrected chi connectivity index (χ2v) is 4.37. The summed E-state index contributed by atoms with van der Waals surface area (Å²) in [7, 11) is -1.63. The van der Waals surface area contributed by atoms with Crippen molar-refractivity contribution in [3.63, 3.8) is 0 Å². The standard InChI is InChI=1S/C10H15BO3/c1-10(2,3)7-5-4-6-8(9(7)12)11(13)14/h4-6,12-14H,1-3H3. The summed E-state index contributed by atoms with van der Waals surface area (Å²) in [6.07, 6.45) is 0. The van der Waals surface area contributed by atoms with Gasteiger partial charge in [0.1, 0.15) is 5.75 Å². The third kappa shape index (κ3) is 2.08. The van der Waals surface area contributed by atoms with Crippen molar-refractivity contribution in [2.24, 2.45) is 0 Å². The highest BCUT2D eigenvalue weighted by molar-refractivity contribution is 6.59. The first-order chi connectivity index (χ1) is 6.34. The maximum atomic E-state index is 9.77. The minimum atomic E-state index is -1.63. The SMILES string of the molecule is CC(C)(C)c1cccc(B(O)O)c1O. The molecule has 0 aliphatic rings. The fourth-order valence-corrected chi connectivity index (χ4v) is 1.37. The van der Waals surface area contributed by atoms with E-state index in [-0.39, 0.29) is 16.6 Å². The van der Waals surface area contributed by atoms with E-state index in [4.69, 9.17) is 10.0 Å². The maximum Gasteiger partial charge on any atom is 0.492 e. The summed E-state index contributed by atoms with van der Waals surface area (Å²) < 4.78 is 0. The smallest absolute Gasteiger partial charge is 0.492 e. The van der Waals surface area contributed by atoms with Crippen LogP contribution in [-0.4, -0.2) is 22.3 Å². The van der Waals surface area contributed by atoms with Gasteiger partial charge in [-0.25, -0.2) is 0 Å². The van der Waals surface area contributed by atoms with Gasteiger partial charge in [0.25, 0.3) is 0 Å². The van der Waals surface area contributed by atoms with E-state index in [1.807, 2.05) is 20.8 Å². The highest BCUT2D eigenvalue weighted by atomic mass is 16.4.